The van der Waals surface area contributed by atoms with Gasteiger partial charge in [-0.15, -0.1) is 0 Å². The predicted molar refractivity (Wildman–Crippen MR) is 97.7 cm³/mol. The zero-order chi connectivity index (χ0) is 17.8. The first-order chi connectivity index (χ1) is 12.8. The lowest BCUT2D eigenvalue weighted by molar-refractivity contribution is -0.133. The molecule has 26 heavy (non-hydrogen) atoms. The lowest BCUT2D eigenvalue weighted by Gasteiger charge is -2.24. The van der Waals surface area contributed by atoms with Crippen LogP contribution in [0.5, 0.6) is 5.75 Å². The van der Waals surface area contributed by atoms with E-state index in [4.69, 9.17) is 9.47 Å². The van der Waals surface area contributed by atoms with Crippen LogP contribution in [0.4, 0.5) is 5.69 Å². The molecular weight excluding hydrogens is 330 g/mol. The van der Waals surface area contributed by atoms with E-state index in [1.165, 1.54) is 0 Å². The molecule has 1 aliphatic heterocycles. The van der Waals surface area contributed by atoms with Gasteiger partial charge in [0.25, 0.3) is 0 Å². The third-order valence-electron chi connectivity index (χ3n) is 4.30. The second kappa shape index (κ2) is 7.41. The molecule has 0 saturated carbocycles. The van der Waals surface area contributed by atoms with Gasteiger partial charge >= 0.3 is 0 Å². The minimum Gasteiger partial charge on any atom is -0.489 e. The molecule has 0 aliphatic carbocycles. The van der Waals surface area contributed by atoms with Crippen molar-refractivity contribution in [3.8, 4) is 17.0 Å². The van der Waals surface area contributed by atoms with Crippen molar-refractivity contribution in [3.05, 3.63) is 66.6 Å². The van der Waals surface area contributed by atoms with Crippen molar-refractivity contribution < 1.29 is 14.3 Å². The van der Waals surface area contributed by atoms with Gasteiger partial charge in [-0.2, -0.15) is 0 Å². The number of benzene rings is 2. The smallest absolute Gasteiger partial charge is 0.232 e. The van der Waals surface area contributed by atoms with Gasteiger partial charge in [-0.25, -0.2) is 4.98 Å². The predicted octanol–water partition coefficient (Wildman–Crippen LogP) is 3.24. The minimum atomic E-state index is -0.0252. The summed E-state index contributed by atoms with van der Waals surface area (Å²) in [6.45, 7) is 1.49. The van der Waals surface area contributed by atoms with E-state index in [9.17, 15) is 4.79 Å². The molecule has 3 aromatic rings. The van der Waals surface area contributed by atoms with Crippen molar-refractivity contribution >= 4 is 11.6 Å². The molecule has 0 atom stereocenters. The molecule has 4 rings (SSSR count). The number of carbonyl (C=O) groups excluding carboxylic acids is 1. The van der Waals surface area contributed by atoms with Crippen molar-refractivity contribution in [2.45, 2.75) is 6.61 Å². The molecule has 2 aromatic carbocycles. The van der Waals surface area contributed by atoms with Gasteiger partial charge in [-0.1, -0.05) is 12.1 Å². The van der Waals surface area contributed by atoms with Crippen molar-refractivity contribution in [1.82, 2.24) is 9.97 Å². The maximum absolute atomic E-state index is 11.9. The number of rotatable bonds is 6. The Morgan fingerprint density at radius 3 is 2.54 bits per heavy atom. The monoisotopic (exact) mass is 349 g/mol. The van der Waals surface area contributed by atoms with Crippen LogP contribution in [-0.4, -0.2) is 29.1 Å². The third-order valence-corrected chi connectivity index (χ3v) is 4.30. The Morgan fingerprint density at radius 1 is 1.15 bits per heavy atom. The van der Waals surface area contributed by atoms with Crippen LogP contribution < -0.4 is 10.1 Å². The Hall–Kier alpha value is -3.12. The van der Waals surface area contributed by atoms with E-state index in [2.05, 4.69) is 15.3 Å². The summed E-state index contributed by atoms with van der Waals surface area (Å²) in [7, 11) is 0. The SMILES string of the molecule is O=C(Nc1ccc(COc2ccc(-c3cnc[nH]3)cc2)cc1)C1COC1. The third kappa shape index (κ3) is 3.75. The molecule has 1 aliphatic rings. The summed E-state index contributed by atoms with van der Waals surface area (Å²) in [4.78, 5) is 19.0. The molecule has 132 valence electrons. The first-order valence-corrected chi connectivity index (χ1v) is 8.47. The fourth-order valence-electron chi connectivity index (χ4n) is 2.63. The number of ether oxygens (including phenoxy) is 2. The Kier molecular flexibility index (Phi) is 4.66. The molecule has 6 nitrogen and oxygen atoms in total. The number of hydrogen-bond acceptors (Lipinski definition) is 4. The van der Waals surface area contributed by atoms with Crippen LogP contribution >= 0.6 is 0 Å². The summed E-state index contributed by atoms with van der Waals surface area (Å²) < 4.78 is 10.9. The normalized spacial score (nSPS) is 13.8. The first kappa shape index (κ1) is 16.4. The number of nitrogens with one attached hydrogen (secondary N) is 2. The van der Waals surface area contributed by atoms with Crippen LogP contribution in [0.15, 0.2) is 61.1 Å². The number of amides is 1. The largest absolute Gasteiger partial charge is 0.489 e. The number of nitrogens with zero attached hydrogens (tertiary/aromatic N) is 1. The summed E-state index contributed by atoms with van der Waals surface area (Å²) in [6.07, 6.45) is 3.44. The van der Waals surface area contributed by atoms with Crippen molar-refractivity contribution in [1.29, 1.82) is 0 Å². The van der Waals surface area contributed by atoms with Crippen LogP contribution in [0.1, 0.15) is 5.56 Å². The Morgan fingerprint density at radius 2 is 1.92 bits per heavy atom. The van der Waals surface area contributed by atoms with Gasteiger partial charge in [-0.05, 0) is 47.5 Å². The molecule has 6 heteroatoms. The number of hydrogen-bond donors (Lipinski definition) is 2. The zero-order valence-electron chi connectivity index (χ0n) is 14.1. The molecule has 0 spiro atoms. The van der Waals surface area contributed by atoms with Crippen LogP contribution in [0.2, 0.25) is 0 Å². The maximum atomic E-state index is 11.9. The second-order valence-electron chi connectivity index (χ2n) is 6.20. The van der Waals surface area contributed by atoms with E-state index in [0.29, 0.717) is 19.8 Å². The Labute approximate surface area is 151 Å². The van der Waals surface area contributed by atoms with Gasteiger partial charge in [0.2, 0.25) is 5.91 Å². The topological polar surface area (TPSA) is 76.2 Å². The van der Waals surface area contributed by atoms with E-state index in [-0.39, 0.29) is 11.8 Å². The Balaban J connectivity index is 1.31. The number of carbonyl (C=O) groups is 1. The van der Waals surface area contributed by atoms with Crippen molar-refractivity contribution in [2.75, 3.05) is 18.5 Å². The van der Waals surface area contributed by atoms with Crippen LogP contribution in [0.25, 0.3) is 11.3 Å². The fourth-order valence-corrected chi connectivity index (χ4v) is 2.63. The number of imidazole rings is 1. The van der Waals surface area contributed by atoms with Crippen molar-refractivity contribution in [3.63, 3.8) is 0 Å². The van der Waals surface area contributed by atoms with E-state index >= 15 is 0 Å². The highest BCUT2D eigenvalue weighted by Crippen LogP contribution is 2.21. The van der Waals surface area contributed by atoms with Crippen molar-refractivity contribution in [2.24, 2.45) is 5.92 Å². The second-order valence-corrected chi connectivity index (χ2v) is 6.20. The Bertz CT molecular complexity index is 854. The highest BCUT2D eigenvalue weighted by Gasteiger charge is 2.26. The summed E-state index contributed by atoms with van der Waals surface area (Å²) in [5.74, 6) is 0.788. The molecule has 2 N–H and O–H groups in total. The summed E-state index contributed by atoms with van der Waals surface area (Å²) in [5, 5.41) is 2.90. The molecule has 2 heterocycles. The van der Waals surface area contributed by atoms with Gasteiger partial charge in [-0.3, -0.25) is 4.79 Å². The number of H-pyrrole nitrogens is 1. The maximum Gasteiger partial charge on any atom is 0.232 e. The van der Waals surface area contributed by atoms with Gasteiger partial charge < -0.3 is 19.8 Å². The van der Waals surface area contributed by atoms with Crippen LogP contribution in [0, 0.1) is 5.92 Å². The van der Waals surface area contributed by atoms with E-state index < -0.39 is 0 Å². The molecule has 1 fully saturated rings. The summed E-state index contributed by atoms with van der Waals surface area (Å²) in [5.41, 5.74) is 3.86. The highest BCUT2D eigenvalue weighted by atomic mass is 16.5. The van der Waals surface area contributed by atoms with Gasteiger partial charge in [0, 0.05) is 5.69 Å². The average molecular weight is 349 g/mol. The molecule has 1 aromatic heterocycles. The fraction of sp³-hybridized carbons (Fsp3) is 0.200. The first-order valence-electron chi connectivity index (χ1n) is 8.47. The number of aromatic amines is 1. The molecule has 0 bridgehead atoms. The molecule has 0 radical (unpaired) electrons. The summed E-state index contributed by atoms with van der Waals surface area (Å²) in [6, 6.07) is 15.5. The zero-order valence-corrected chi connectivity index (χ0v) is 14.1. The lowest BCUT2D eigenvalue weighted by Crippen LogP contribution is -2.38. The number of aromatic nitrogens is 2. The average Bonchev–Trinajstić information content (AvgIpc) is 3.15. The highest BCUT2D eigenvalue weighted by molar-refractivity contribution is 5.93. The van der Waals surface area contributed by atoms with E-state index in [1.54, 1.807) is 12.5 Å². The van der Waals surface area contributed by atoms with Gasteiger partial charge in [0.15, 0.2) is 0 Å². The van der Waals surface area contributed by atoms with Gasteiger partial charge in [0.1, 0.15) is 12.4 Å². The minimum absolute atomic E-state index is 0.0117. The van der Waals surface area contributed by atoms with E-state index in [0.717, 1.165) is 28.3 Å². The van der Waals surface area contributed by atoms with E-state index in [1.807, 2.05) is 48.5 Å². The molecule has 1 amide bonds. The van der Waals surface area contributed by atoms with Gasteiger partial charge in [0.05, 0.1) is 37.3 Å². The summed E-state index contributed by atoms with van der Waals surface area (Å²) >= 11 is 0. The standard InChI is InChI=1S/C20H19N3O3/c24-20(16-11-25-12-16)23-17-5-1-14(2-6-17)10-26-18-7-3-15(4-8-18)19-9-21-13-22-19/h1-9,13,16H,10-12H2,(H,21,22)(H,23,24). The van der Waals surface area contributed by atoms with Crippen LogP contribution in [-0.2, 0) is 16.1 Å². The quantitative estimate of drug-likeness (QED) is 0.716. The molecule has 0 unspecified atom stereocenters. The number of anilines is 1. The van der Waals surface area contributed by atoms with Crippen LogP contribution in [0.3, 0.4) is 0 Å². The lowest BCUT2D eigenvalue weighted by atomic mass is 10.1. The molecular formula is C20H19N3O3. The molecule has 1 saturated heterocycles.